The first kappa shape index (κ1) is 18.0. The smallest absolute Gasteiger partial charge is 0.328 e. The van der Waals surface area contributed by atoms with Crippen LogP contribution in [0.1, 0.15) is 20.8 Å². The molecule has 2 N–H and O–H groups in total. The van der Waals surface area contributed by atoms with Gasteiger partial charge in [0.15, 0.2) is 6.04 Å². The Morgan fingerprint density at radius 2 is 2.11 bits per heavy atom. The van der Waals surface area contributed by atoms with Crippen molar-refractivity contribution >= 4 is 23.6 Å². The molecule has 110 valence electrons. The van der Waals surface area contributed by atoms with Gasteiger partial charge in [0.2, 0.25) is 5.91 Å². The summed E-state index contributed by atoms with van der Waals surface area (Å²) in [5.74, 6) is -0.396. The SMILES string of the molecule is C=CCOCC(NC(=O)C(SCC)C(C)C)C(=O)O. The van der Waals surface area contributed by atoms with Crippen LogP contribution in [0.2, 0.25) is 0 Å². The maximum atomic E-state index is 12.1. The molecule has 5 nitrogen and oxygen atoms in total. The quantitative estimate of drug-likeness (QED) is 0.471. The molecule has 0 radical (unpaired) electrons. The van der Waals surface area contributed by atoms with Crippen LogP contribution in [0.15, 0.2) is 12.7 Å². The maximum Gasteiger partial charge on any atom is 0.328 e. The van der Waals surface area contributed by atoms with E-state index in [4.69, 9.17) is 9.84 Å². The third-order valence-corrected chi connectivity index (χ3v) is 3.80. The summed E-state index contributed by atoms with van der Waals surface area (Å²) in [6.07, 6.45) is 1.53. The highest BCUT2D eigenvalue weighted by atomic mass is 32.2. The van der Waals surface area contributed by atoms with Crippen molar-refractivity contribution in [1.82, 2.24) is 5.32 Å². The Labute approximate surface area is 118 Å². The van der Waals surface area contributed by atoms with Gasteiger partial charge in [-0.25, -0.2) is 4.79 Å². The molecule has 0 bridgehead atoms. The third kappa shape index (κ3) is 7.22. The minimum Gasteiger partial charge on any atom is -0.480 e. The van der Waals surface area contributed by atoms with Crippen molar-refractivity contribution in [1.29, 1.82) is 0 Å². The summed E-state index contributed by atoms with van der Waals surface area (Å²) in [7, 11) is 0. The second-order valence-corrected chi connectivity index (χ2v) is 5.76. The number of ether oxygens (including phenoxy) is 1. The summed E-state index contributed by atoms with van der Waals surface area (Å²) in [6.45, 7) is 9.53. The van der Waals surface area contributed by atoms with E-state index < -0.39 is 12.0 Å². The van der Waals surface area contributed by atoms with Crippen LogP contribution in [-0.2, 0) is 14.3 Å². The highest BCUT2D eigenvalue weighted by molar-refractivity contribution is 8.00. The zero-order chi connectivity index (χ0) is 14.8. The largest absolute Gasteiger partial charge is 0.480 e. The Morgan fingerprint density at radius 3 is 2.53 bits per heavy atom. The van der Waals surface area contributed by atoms with Crippen molar-refractivity contribution in [2.75, 3.05) is 19.0 Å². The van der Waals surface area contributed by atoms with E-state index in [-0.39, 0.29) is 30.3 Å². The number of carboxylic acid groups (broad SMARTS) is 1. The number of aliphatic carboxylic acids is 1. The van der Waals surface area contributed by atoms with Crippen LogP contribution < -0.4 is 5.32 Å². The molecule has 19 heavy (non-hydrogen) atoms. The first-order chi connectivity index (χ1) is 8.93. The van der Waals surface area contributed by atoms with Gasteiger partial charge in [0.1, 0.15) is 0 Å². The summed E-state index contributed by atoms with van der Waals surface area (Å²) in [4.78, 5) is 23.1. The number of hydrogen-bond acceptors (Lipinski definition) is 4. The molecule has 0 aliphatic carbocycles. The van der Waals surface area contributed by atoms with Gasteiger partial charge in [-0.3, -0.25) is 4.79 Å². The number of rotatable bonds is 10. The third-order valence-electron chi connectivity index (χ3n) is 2.34. The molecule has 0 saturated heterocycles. The molecule has 0 fully saturated rings. The van der Waals surface area contributed by atoms with E-state index in [1.54, 1.807) is 0 Å². The molecule has 0 aliphatic heterocycles. The molecule has 0 aliphatic rings. The fraction of sp³-hybridized carbons (Fsp3) is 0.692. The van der Waals surface area contributed by atoms with Crippen LogP contribution in [0.3, 0.4) is 0 Å². The van der Waals surface area contributed by atoms with E-state index in [9.17, 15) is 9.59 Å². The molecule has 0 aromatic heterocycles. The van der Waals surface area contributed by atoms with Gasteiger partial charge in [-0.2, -0.15) is 0 Å². The highest BCUT2D eigenvalue weighted by Crippen LogP contribution is 2.19. The van der Waals surface area contributed by atoms with Gasteiger partial charge < -0.3 is 15.2 Å². The topological polar surface area (TPSA) is 75.6 Å². The van der Waals surface area contributed by atoms with Gasteiger partial charge >= 0.3 is 5.97 Å². The van der Waals surface area contributed by atoms with Gasteiger partial charge in [0.25, 0.3) is 0 Å². The molecule has 6 heteroatoms. The van der Waals surface area contributed by atoms with Crippen LogP contribution in [-0.4, -0.2) is 47.2 Å². The van der Waals surface area contributed by atoms with Crippen molar-refractivity contribution in [3.8, 4) is 0 Å². The normalized spacial score (nSPS) is 13.9. The summed E-state index contributed by atoms with van der Waals surface area (Å²) < 4.78 is 5.09. The van der Waals surface area contributed by atoms with Crippen LogP contribution in [0, 0.1) is 5.92 Å². The van der Waals surface area contributed by atoms with Gasteiger partial charge in [0.05, 0.1) is 18.5 Å². The first-order valence-electron chi connectivity index (χ1n) is 6.27. The van der Waals surface area contributed by atoms with Gasteiger partial charge in [-0.15, -0.1) is 18.3 Å². The average Bonchev–Trinajstić information content (AvgIpc) is 2.34. The zero-order valence-corrected chi connectivity index (χ0v) is 12.5. The van der Waals surface area contributed by atoms with Crippen LogP contribution in [0.25, 0.3) is 0 Å². The lowest BCUT2D eigenvalue weighted by Crippen LogP contribution is -2.48. The first-order valence-corrected chi connectivity index (χ1v) is 7.32. The Bertz CT molecular complexity index is 307. The van der Waals surface area contributed by atoms with Crippen LogP contribution in [0.5, 0.6) is 0 Å². The lowest BCUT2D eigenvalue weighted by atomic mass is 10.1. The number of carboxylic acids is 1. The van der Waals surface area contributed by atoms with E-state index in [2.05, 4.69) is 11.9 Å². The summed E-state index contributed by atoms with van der Waals surface area (Å²) >= 11 is 1.51. The lowest BCUT2D eigenvalue weighted by molar-refractivity contribution is -0.143. The predicted octanol–water partition coefficient (Wildman–Crippen LogP) is 1.54. The number of thioether (sulfide) groups is 1. The van der Waals surface area contributed by atoms with Crippen molar-refractivity contribution < 1.29 is 19.4 Å². The molecule has 0 spiro atoms. The Morgan fingerprint density at radius 1 is 1.47 bits per heavy atom. The van der Waals surface area contributed by atoms with Gasteiger partial charge in [-0.05, 0) is 11.7 Å². The minimum atomic E-state index is -1.10. The van der Waals surface area contributed by atoms with Crippen molar-refractivity contribution in [3.05, 3.63) is 12.7 Å². The number of nitrogens with one attached hydrogen (secondary N) is 1. The molecule has 1 amide bonds. The monoisotopic (exact) mass is 289 g/mol. The Kier molecular flexibility index (Phi) is 9.34. The molecule has 0 saturated carbocycles. The van der Waals surface area contributed by atoms with Gasteiger partial charge in [-0.1, -0.05) is 26.8 Å². The van der Waals surface area contributed by atoms with Gasteiger partial charge in [0, 0.05) is 0 Å². The van der Waals surface area contributed by atoms with E-state index in [0.29, 0.717) is 0 Å². The van der Waals surface area contributed by atoms with E-state index in [0.717, 1.165) is 5.75 Å². The Hall–Kier alpha value is -1.01. The Balaban J connectivity index is 4.50. The zero-order valence-electron chi connectivity index (χ0n) is 11.7. The summed E-state index contributed by atoms with van der Waals surface area (Å²) in [6, 6.07) is -1.02. The predicted molar refractivity (Wildman–Crippen MR) is 77.3 cm³/mol. The molecule has 0 aromatic carbocycles. The lowest BCUT2D eigenvalue weighted by Gasteiger charge is -2.22. The van der Waals surface area contributed by atoms with E-state index in [1.165, 1.54) is 17.8 Å². The molecule has 0 rings (SSSR count). The maximum absolute atomic E-state index is 12.1. The van der Waals surface area contributed by atoms with Crippen molar-refractivity contribution in [2.45, 2.75) is 32.1 Å². The molecule has 0 heterocycles. The summed E-state index contributed by atoms with van der Waals surface area (Å²) in [5, 5.41) is 11.3. The van der Waals surface area contributed by atoms with Crippen molar-refractivity contribution in [2.24, 2.45) is 5.92 Å². The number of carbonyl (C=O) groups excluding carboxylic acids is 1. The number of amides is 1. The van der Waals surface area contributed by atoms with E-state index >= 15 is 0 Å². The fourth-order valence-corrected chi connectivity index (χ4v) is 2.41. The molecular weight excluding hydrogens is 266 g/mol. The minimum absolute atomic E-state index is 0.0608. The molecule has 2 atom stereocenters. The van der Waals surface area contributed by atoms with E-state index in [1.807, 2.05) is 20.8 Å². The van der Waals surface area contributed by atoms with Crippen LogP contribution >= 0.6 is 11.8 Å². The summed E-state index contributed by atoms with van der Waals surface area (Å²) in [5.41, 5.74) is 0. The molecule has 2 unspecified atom stereocenters. The highest BCUT2D eigenvalue weighted by Gasteiger charge is 2.27. The standard InChI is InChI=1S/C13H23NO4S/c1-5-7-18-8-10(13(16)17)14-12(15)11(9(3)4)19-6-2/h5,9-11H,1,6-8H2,2-4H3,(H,14,15)(H,16,17). The molecular formula is C13H23NO4S. The second-order valence-electron chi connectivity index (χ2n) is 4.35. The fourth-order valence-electron chi connectivity index (χ4n) is 1.45. The second kappa shape index (κ2) is 9.86. The van der Waals surface area contributed by atoms with Crippen LogP contribution in [0.4, 0.5) is 0 Å². The average molecular weight is 289 g/mol. The number of carbonyl (C=O) groups is 2. The van der Waals surface area contributed by atoms with Crippen molar-refractivity contribution in [3.63, 3.8) is 0 Å². The molecule has 0 aromatic rings. The number of hydrogen-bond donors (Lipinski definition) is 2.